The summed E-state index contributed by atoms with van der Waals surface area (Å²) in [4.78, 5) is 8.15. The van der Waals surface area contributed by atoms with Gasteiger partial charge in [-0.25, -0.2) is 0 Å². The van der Waals surface area contributed by atoms with Crippen molar-refractivity contribution in [3.63, 3.8) is 0 Å². The Hall–Kier alpha value is -0.290. The van der Waals surface area contributed by atoms with Crippen LogP contribution >= 0.6 is 24.0 Å². The average molecular weight is 477 g/mol. The fraction of sp³-hybridized carbons (Fsp3) is 0.938. The molecule has 1 atom stereocenters. The van der Waals surface area contributed by atoms with E-state index in [-0.39, 0.29) is 30.0 Å². The largest absolute Gasteiger partial charge is 0.401 e. The molecular formula is C16H31F3IN5. The van der Waals surface area contributed by atoms with Crippen molar-refractivity contribution in [1.82, 2.24) is 20.4 Å². The molecule has 1 unspecified atom stereocenters. The second-order valence-electron chi connectivity index (χ2n) is 7.10. The summed E-state index contributed by atoms with van der Waals surface area (Å²) in [7, 11) is 1.71. The first-order valence-electron chi connectivity index (χ1n) is 8.80. The van der Waals surface area contributed by atoms with Gasteiger partial charge in [0.1, 0.15) is 0 Å². The molecule has 2 fully saturated rings. The fourth-order valence-corrected chi connectivity index (χ4v) is 3.47. The molecular weight excluding hydrogens is 446 g/mol. The number of likely N-dealkylation sites (tertiary alicyclic amines) is 2. The maximum atomic E-state index is 12.5. The van der Waals surface area contributed by atoms with E-state index in [0.29, 0.717) is 37.6 Å². The van der Waals surface area contributed by atoms with Crippen LogP contribution in [-0.2, 0) is 0 Å². The van der Waals surface area contributed by atoms with Gasteiger partial charge in [-0.05, 0) is 33.1 Å². The molecule has 2 aliphatic heterocycles. The van der Waals surface area contributed by atoms with Crippen LogP contribution in [-0.4, -0.2) is 79.8 Å². The van der Waals surface area contributed by atoms with Crippen molar-refractivity contribution < 1.29 is 13.2 Å². The standard InChI is InChI=1S/C16H30F3N5.HI/c1-12(2)24-8-5-13(6-9-24)21-15(20-3)22-14-4-7-23(10-14)11-16(17,18)19;/h12-14H,4-11H2,1-3H3,(H2,20,21,22);1H. The number of nitrogens with one attached hydrogen (secondary N) is 2. The third-order valence-corrected chi connectivity index (χ3v) is 4.84. The summed E-state index contributed by atoms with van der Waals surface area (Å²) >= 11 is 0. The zero-order chi connectivity index (χ0) is 17.7. The number of nitrogens with zero attached hydrogens (tertiary/aromatic N) is 3. The maximum absolute atomic E-state index is 12.5. The number of alkyl halides is 3. The van der Waals surface area contributed by atoms with Gasteiger partial charge in [-0.2, -0.15) is 13.2 Å². The number of guanidine groups is 1. The highest BCUT2D eigenvalue weighted by molar-refractivity contribution is 14.0. The molecule has 2 aliphatic rings. The molecule has 2 N–H and O–H groups in total. The Morgan fingerprint density at radius 1 is 1.08 bits per heavy atom. The Labute approximate surface area is 165 Å². The number of halogens is 4. The van der Waals surface area contributed by atoms with E-state index in [1.165, 1.54) is 4.90 Å². The van der Waals surface area contributed by atoms with E-state index >= 15 is 0 Å². The SMILES string of the molecule is CN=C(NC1CCN(C(C)C)CC1)NC1CCN(CC(F)(F)F)C1.I. The monoisotopic (exact) mass is 477 g/mol. The third kappa shape index (κ3) is 7.86. The molecule has 0 aromatic carbocycles. The van der Waals surface area contributed by atoms with Crippen LogP contribution in [0.25, 0.3) is 0 Å². The van der Waals surface area contributed by atoms with Crippen molar-refractivity contribution >= 4 is 29.9 Å². The summed E-state index contributed by atoms with van der Waals surface area (Å²) in [6, 6.07) is 0.967. The van der Waals surface area contributed by atoms with Crippen LogP contribution in [0.3, 0.4) is 0 Å². The zero-order valence-corrected chi connectivity index (χ0v) is 17.6. The van der Waals surface area contributed by atoms with E-state index in [1.54, 1.807) is 7.05 Å². The fourth-order valence-electron chi connectivity index (χ4n) is 3.47. The number of rotatable bonds is 4. The molecule has 0 spiro atoms. The Morgan fingerprint density at radius 3 is 2.16 bits per heavy atom. The molecule has 25 heavy (non-hydrogen) atoms. The van der Waals surface area contributed by atoms with Crippen molar-refractivity contribution in [2.45, 2.75) is 57.4 Å². The van der Waals surface area contributed by atoms with Crippen molar-refractivity contribution in [3.8, 4) is 0 Å². The topological polar surface area (TPSA) is 42.9 Å². The summed E-state index contributed by atoms with van der Waals surface area (Å²) < 4.78 is 37.4. The number of piperidine rings is 1. The molecule has 0 amide bonds. The minimum absolute atomic E-state index is 0. The van der Waals surface area contributed by atoms with Gasteiger partial charge in [0, 0.05) is 51.4 Å². The van der Waals surface area contributed by atoms with Crippen LogP contribution in [0.5, 0.6) is 0 Å². The minimum Gasteiger partial charge on any atom is -0.354 e. The van der Waals surface area contributed by atoms with Gasteiger partial charge in [-0.1, -0.05) is 0 Å². The normalized spacial score (nSPS) is 24.4. The van der Waals surface area contributed by atoms with Crippen LogP contribution in [0.2, 0.25) is 0 Å². The molecule has 0 bridgehead atoms. The first kappa shape index (κ1) is 22.8. The molecule has 148 valence electrons. The van der Waals surface area contributed by atoms with Crippen molar-refractivity contribution in [2.24, 2.45) is 4.99 Å². The predicted octanol–water partition coefficient (Wildman–Crippen LogP) is 2.28. The Morgan fingerprint density at radius 2 is 1.64 bits per heavy atom. The molecule has 0 aromatic heterocycles. The smallest absolute Gasteiger partial charge is 0.354 e. The Kier molecular flexibility index (Phi) is 9.24. The molecule has 0 radical (unpaired) electrons. The number of aliphatic imine (C=N–C) groups is 1. The summed E-state index contributed by atoms with van der Waals surface area (Å²) in [5, 5.41) is 6.71. The van der Waals surface area contributed by atoms with Gasteiger partial charge in [0.25, 0.3) is 0 Å². The van der Waals surface area contributed by atoms with Gasteiger partial charge in [0.05, 0.1) is 6.54 Å². The van der Waals surface area contributed by atoms with Gasteiger partial charge >= 0.3 is 6.18 Å². The molecule has 2 saturated heterocycles. The van der Waals surface area contributed by atoms with Crippen LogP contribution in [0.4, 0.5) is 13.2 Å². The zero-order valence-electron chi connectivity index (χ0n) is 15.3. The van der Waals surface area contributed by atoms with E-state index in [9.17, 15) is 13.2 Å². The Balaban J connectivity index is 0.00000312. The molecule has 9 heteroatoms. The van der Waals surface area contributed by atoms with Gasteiger partial charge in [0.2, 0.25) is 0 Å². The second-order valence-corrected chi connectivity index (χ2v) is 7.10. The van der Waals surface area contributed by atoms with E-state index in [2.05, 4.69) is 34.4 Å². The average Bonchev–Trinajstić information content (AvgIpc) is 2.92. The van der Waals surface area contributed by atoms with E-state index < -0.39 is 12.7 Å². The summed E-state index contributed by atoms with van der Waals surface area (Å²) in [5.41, 5.74) is 0. The van der Waals surface area contributed by atoms with E-state index in [1.807, 2.05) is 0 Å². The summed E-state index contributed by atoms with van der Waals surface area (Å²) in [6.45, 7) is 6.60. The maximum Gasteiger partial charge on any atom is 0.401 e. The second kappa shape index (κ2) is 10.1. The molecule has 5 nitrogen and oxygen atoms in total. The quantitative estimate of drug-likeness (QED) is 0.371. The van der Waals surface area contributed by atoms with Gasteiger partial charge in [-0.15, -0.1) is 24.0 Å². The predicted molar refractivity (Wildman–Crippen MR) is 106 cm³/mol. The summed E-state index contributed by atoms with van der Waals surface area (Å²) in [6.07, 6.45) is -1.30. The lowest BCUT2D eigenvalue weighted by atomic mass is 10.0. The van der Waals surface area contributed by atoms with E-state index in [0.717, 1.165) is 25.9 Å². The number of hydrogen-bond acceptors (Lipinski definition) is 3. The van der Waals surface area contributed by atoms with Crippen LogP contribution < -0.4 is 10.6 Å². The van der Waals surface area contributed by atoms with Crippen LogP contribution in [0.1, 0.15) is 33.1 Å². The Bertz CT molecular complexity index is 422. The first-order chi connectivity index (χ1) is 11.3. The lowest BCUT2D eigenvalue weighted by Crippen LogP contribution is -2.52. The minimum atomic E-state index is -4.13. The highest BCUT2D eigenvalue weighted by Crippen LogP contribution is 2.20. The van der Waals surface area contributed by atoms with E-state index in [4.69, 9.17) is 0 Å². The van der Waals surface area contributed by atoms with Gasteiger partial charge in [-0.3, -0.25) is 9.89 Å². The third-order valence-electron chi connectivity index (χ3n) is 4.84. The highest BCUT2D eigenvalue weighted by Gasteiger charge is 2.34. The van der Waals surface area contributed by atoms with Crippen LogP contribution in [0.15, 0.2) is 4.99 Å². The highest BCUT2D eigenvalue weighted by atomic mass is 127. The van der Waals surface area contributed by atoms with Crippen LogP contribution in [0, 0.1) is 0 Å². The lowest BCUT2D eigenvalue weighted by molar-refractivity contribution is -0.143. The molecule has 2 heterocycles. The molecule has 0 aromatic rings. The molecule has 0 saturated carbocycles. The van der Waals surface area contributed by atoms with Crippen molar-refractivity contribution in [3.05, 3.63) is 0 Å². The van der Waals surface area contributed by atoms with Gasteiger partial charge < -0.3 is 15.5 Å². The van der Waals surface area contributed by atoms with Crippen molar-refractivity contribution in [2.75, 3.05) is 39.8 Å². The summed E-state index contributed by atoms with van der Waals surface area (Å²) in [5.74, 6) is 0.705. The molecule has 2 rings (SSSR count). The first-order valence-corrected chi connectivity index (χ1v) is 8.80. The van der Waals surface area contributed by atoms with Crippen molar-refractivity contribution in [1.29, 1.82) is 0 Å². The van der Waals surface area contributed by atoms with Gasteiger partial charge in [0.15, 0.2) is 5.96 Å². The molecule has 0 aliphatic carbocycles. The lowest BCUT2D eigenvalue weighted by Gasteiger charge is -2.35. The number of hydrogen-bond donors (Lipinski definition) is 2.